The maximum atomic E-state index is 4.64. The topological polar surface area (TPSA) is 28.2 Å². The van der Waals surface area contributed by atoms with Gasteiger partial charge in [0.1, 0.15) is 5.82 Å². The van der Waals surface area contributed by atoms with Gasteiger partial charge in [-0.05, 0) is 10.9 Å². The fourth-order valence-electron chi connectivity index (χ4n) is 2.28. The minimum Gasteiger partial charge on any atom is -0.355 e. The smallest absolute Gasteiger partial charge is 0.136 e. The molecule has 1 aromatic heterocycles. The second-order valence-corrected chi connectivity index (χ2v) is 5.36. The summed E-state index contributed by atoms with van der Waals surface area (Å²) in [5, 5.41) is 5.92. The Labute approximate surface area is 121 Å². The lowest BCUT2D eigenvalue weighted by atomic mass is 10.1. The van der Waals surface area contributed by atoms with Crippen LogP contribution >= 0.6 is 0 Å². The minimum absolute atomic E-state index is 0.469. The summed E-state index contributed by atoms with van der Waals surface area (Å²) in [6.45, 7) is 9.74. The van der Waals surface area contributed by atoms with Crippen LogP contribution in [0.25, 0.3) is 10.8 Å². The molecule has 106 valence electrons. The van der Waals surface area contributed by atoms with Crippen LogP contribution < -0.4 is 10.2 Å². The van der Waals surface area contributed by atoms with Crippen LogP contribution in [0, 0.1) is 0 Å². The van der Waals surface area contributed by atoms with Crippen molar-refractivity contribution in [2.24, 2.45) is 0 Å². The summed E-state index contributed by atoms with van der Waals surface area (Å²) in [5.74, 6) is 1.01. The summed E-state index contributed by atoms with van der Waals surface area (Å²) in [4.78, 5) is 6.76. The average Bonchev–Trinajstić information content (AvgIpc) is 2.44. The number of fused-ring (bicyclic) bond motifs is 1. The van der Waals surface area contributed by atoms with E-state index in [0.717, 1.165) is 18.9 Å². The lowest BCUT2D eigenvalue weighted by Crippen LogP contribution is -2.23. The second kappa shape index (κ2) is 6.53. The number of hydrogen-bond donors (Lipinski definition) is 1. The molecule has 0 aliphatic carbocycles. The molecule has 0 bridgehead atoms. The molecule has 2 aromatic rings. The van der Waals surface area contributed by atoms with Gasteiger partial charge in [0.25, 0.3) is 0 Å². The number of nitrogens with zero attached hydrogens (tertiary/aromatic N) is 2. The van der Waals surface area contributed by atoms with Gasteiger partial charge < -0.3 is 10.2 Å². The number of pyridine rings is 1. The van der Waals surface area contributed by atoms with Crippen molar-refractivity contribution in [3.05, 3.63) is 48.7 Å². The van der Waals surface area contributed by atoms with Gasteiger partial charge in [0.2, 0.25) is 0 Å². The maximum absolute atomic E-state index is 4.64. The van der Waals surface area contributed by atoms with Gasteiger partial charge in [-0.15, -0.1) is 6.58 Å². The fourth-order valence-corrected chi connectivity index (χ4v) is 2.28. The van der Waals surface area contributed by atoms with Crippen molar-refractivity contribution >= 4 is 16.6 Å². The number of likely N-dealkylation sites (N-methyl/N-ethyl adjacent to an activating group) is 1. The van der Waals surface area contributed by atoms with Crippen LogP contribution in [0.15, 0.2) is 43.1 Å². The lowest BCUT2D eigenvalue weighted by Gasteiger charge is -2.19. The van der Waals surface area contributed by atoms with Gasteiger partial charge in [-0.25, -0.2) is 4.98 Å². The first-order chi connectivity index (χ1) is 9.63. The highest BCUT2D eigenvalue weighted by molar-refractivity contribution is 5.94. The number of aromatic nitrogens is 1. The largest absolute Gasteiger partial charge is 0.355 e. The van der Waals surface area contributed by atoms with Crippen molar-refractivity contribution in [2.45, 2.75) is 26.4 Å². The normalized spacial score (nSPS) is 11.0. The number of hydrogen-bond acceptors (Lipinski definition) is 3. The van der Waals surface area contributed by atoms with Gasteiger partial charge in [0.15, 0.2) is 0 Å². The Balaban J connectivity index is 2.43. The van der Waals surface area contributed by atoms with E-state index in [1.54, 1.807) is 0 Å². The van der Waals surface area contributed by atoms with E-state index < -0.39 is 0 Å². The van der Waals surface area contributed by atoms with Crippen LogP contribution in [0.4, 0.5) is 5.82 Å². The molecule has 0 aliphatic heterocycles. The molecule has 1 N–H and O–H groups in total. The van der Waals surface area contributed by atoms with Crippen LogP contribution in [-0.2, 0) is 6.54 Å². The molecule has 3 heteroatoms. The Morgan fingerprint density at radius 1 is 1.30 bits per heavy atom. The summed E-state index contributed by atoms with van der Waals surface area (Å²) in [6.07, 6.45) is 3.87. The average molecular weight is 269 g/mol. The highest BCUT2D eigenvalue weighted by Crippen LogP contribution is 2.26. The Bertz CT molecular complexity index is 590. The van der Waals surface area contributed by atoms with E-state index in [1.807, 2.05) is 19.3 Å². The maximum Gasteiger partial charge on any atom is 0.136 e. The van der Waals surface area contributed by atoms with Crippen molar-refractivity contribution < 1.29 is 0 Å². The Kier molecular flexibility index (Phi) is 4.74. The van der Waals surface area contributed by atoms with E-state index in [-0.39, 0.29) is 0 Å². The van der Waals surface area contributed by atoms with Gasteiger partial charge in [0, 0.05) is 37.8 Å². The first kappa shape index (κ1) is 14.5. The number of anilines is 1. The van der Waals surface area contributed by atoms with Gasteiger partial charge in [-0.1, -0.05) is 44.2 Å². The van der Waals surface area contributed by atoms with Crippen molar-refractivity contribution in [1.82, 2.24) is 10.3 Å². The summed E-state index contributed by atoms with van der Waals surface area (Å²) in [5.41, 5.74) is 1.24. The standard InChI is InChI=1S/C17H23N3/c1-5-10-20(4)17-16-9-7-6-8-15(16)14(12-19-17)11-18-13(2)3/h5-9,12-13,18H,1,10-11H2,2-4H3. The van der Waals surface area contributed by atoms with E-state index in [2.05, 4.69) is 59.9 Å². The van der Waals surface area contributed by atoms with E-state index in [0.29, 0.717) is 6.04 Å². The summed E-state index contributed by atoms with van der Waals surface area (Å²) in [6, 6.07) is 8.92. The number of rotatable bonds is 6. The third-order valence-electron chi connectivity index (χ3n) is 3.32. The van der Waals surface area contributed by atoms with E-state index in [4.69, 9.17) is 0 Å². The van der Waals surface area contributed by atoms with Crippen LogP contribution in [-0.4, -0.2) is 24.6 Å². The third-order valence-corrected chi connectivity index (χ3v) is 3.32. The molecule has 3 nitrogen and oxygen atoms in total. The molecule has 2 rings (SSSR count). The molecule has 0 aliphatic rings. The van der Waals surface area contributed by atoms with Crippen LogP contribution in [0.5, 0.6) is 0 Å². The Hall–Kier alpha value is -1.87. The molecule has 0 spiro atoms. The molecular formula is C17H23N3. The molecule has 1 aromatic carbocycles. The lowest BCUT2D eigenvalue weighted by molar-refractivity contribution is 0.590. The van der Waals surface area contributed by atoms with Gasteiger partial charge in [-0.3, -0.25) is 0 Å². The molecule has 0 amide bonds. The summed E-state index contributed by atoms with van der Waals surface area (Å²) < 4.78 is 0. The monoisotopic (exact) mass is 269 g/mol. The molecule has 1 heterocycles. The van der Waals surface area contributed by atoms with Crippen molar-refractivity contribution in [2.75, 3.05) is 18.5 Å². The highest BCUT2D eigenvalue weighted by Gasteiger charge is 2.10. The minimum atomic E-state index is 0.469. The van der Waals surface area contributed by atoms with Crippen molar-refractivity contribution in [3.63, 3.8) is 0 Å². The molecule has 0 saturated carbocycles. The number of nitrogens with one attached hydrogen (secondary N) is 1. The van der Waals surface area contributed by atoms with Gasteiger partial charge >= 0.3 is 0 Å². The van der Waals surface area contributed by atoms with Crippen molar-refractivity contribution in [3.8, 4) is 0 Å². The molecule has 0 radical (unpaired) electrons. The zero-order chi connectivity index (χ0) is 14.5. The quantitative estimate of drug-likeness (QED) is 0.815. The SMILES string of the molecule is C=CCN(C)c1ncc(CNC(C)C)c2ccccc12. The van der Waals surface area contributed by atoms with E-state index >= 15 is 0 Å². The van der Waals surface area contributed by atoms with Crippen LogP contribution in [0.1, 0.15) is 19.4 Å². The number of benzene rings is 1. The van der Waals surface area contributed by atoms with Gasteiger partial charge in [0.05, 0.1) is 0 Å². The van der Waals surface area contributed by atoms with Crippen LogP contribution in [0.2, 0.25) is 0 Å². The Morgan fingerprint density at radius 3 is 2.65 bits per heavy atom. The summed E-state index contributed by atoms with van der Waals surface area (Å²) in [7, 11) is 2.04. The first-order valence-corrected chi connectivity index (χ1v) is 7.05. The van der Waals surface area contributed by atoms with Crippen LogP contribution in [0.3, 0.4) is 0 Å². The van der Waals surface area contributed by atoms with E-state index in [1.165, 1.54) is 16.3 Å². The summed E-state index contributed by atoms with van der Waals surface area (Å²) >= 11 is 0. The molecule has 0 saturated heterocycles. The zero-order valence-corrected chi connectivity index (χ0v) is 12.6. The molecule has 0 atom stereocenters. The van der Waals surface area contributed by atoms with Crippen molar-refractivity contribution in [1.29, 1.82) is 0 Å². The van der Waals surface area contributed by atoms with Gasteiger partial charge in [-0.2, -0.15) is 0 Å². The molecule has 0 fully saturated rings. The first-order valence-electron chi connectivity index (χ1n) is 7.05. The Morgan fingerprint density at radius 2 is 2.00 bits per heavy atom. The third kappa shape index (κ3) is 3.17. The predicted molar refractivity (Wildman–Crippen MR) is 87.2 cm³/mol. The zero-order valence-electron chi connectivity index (χ0n) is 12.6. The predicted octanol–water partition coefficient (Wildman–Crippen LogP) is 3.36. The molecule has 20 heavy (non-hydrogen) atoms. The fraction of sp³-hybridized carbons (Fsp3) is 0.353. The molecule has 0 unspecified atom stereocenters. The molecular weight excluding hydrogens is 246 g/mol. The second-order valence-electron chi connectivity index (χ2n) is 5.36. The van der Waals surface area contributed by atoms with E-state index in [9.17, 15) is 0 Å². The highest BCUT2D eigenvalue weighted by atomic mass is 15.2.